The van der Waals surface area contributed by atoms with Crippen LogP contribution in [0.1, 0.15) is 83.1 Å². The first-order valence-corrected chi connectivity index (χ1v) is 17.6. The van der Waals surface area contributed by atoms with E-state index in [0.29, 0.717) is 5.43 Å². The monoisotopic (exact) mass is 516 g/mol. The Labute approximate surface area is 212 Å². The Kier molecular flexibility index (Phi) is 8.78. The molecular formula is C30H38SiZr. The van der Waals surface area contributed by atoms with Crippen LogP contribution in [-0.2, 0) is 40.6 Å². The quantitative estimate of drug-likeness (QED) is 0.208. The van der Waals surface area contributed by atoms with E-state index in [1.807, 2.05) is 35.5 Å². The molecule has 2 aromatic rings. The van der Waals surface area contributed by atoms with Crippen LogP contribution in [0.5, 0.6) is 0 Å². The maximum absolute atomic E-state index is 3.67. The predicted molar refractivity (Wildman–Crippen MR) is 137 cm³/mol. The van der Waals surface area contributed by atoms with Gasteiger partial charge in [-0.25, -0.2) is 12.2 Å². The zero-order chi connectivity index (χ0) is 23.4. The van der Waals surface area contributed by atoms with Gasteiger partial charge in [-0.3, -0.25) is 6.08 Å². The van der Waals surface area contributed by atoms with Crippen LogP contribution >= 0.6 is 0 Å². The SMILES string of the molecule is CC(C)(C)c1[c-]c2c(cc1)-c1ccc(C(C)(C)C)cc1C2.[C-]1=CC=CC1.[Zr+2]=[Si]1CCCC1. The first-order valence-electron chi connectivity index (χ1n) is 12.0. The molecule has 0 bridgehead atoms. The van der Waals surface area contributed by atoms with Gasteiger partial charge >= 0.3 is 53.7 Å². The molecule has 0 amide bonds. The first kappa shape index (κ1) is 25.6. The van der Waals surface area contributed by atoms with Crippen molar-refractivity contribution in [1.82, 2.24) is 0 Å². The fraction of sp³-hybridized carbons (Fsp3) is 0.467. The Morgan fingerprint density at radius 3 is 2.03 bits per heavy atom. The van der Waals surface area contributed by atoms with Crippen molar-refractivity contribution in [2.75, 3.05) is 0 Å². The number of rotatable bonds is 0. The standard InChI is InChI=1S/C21H25.C5H5.C4H8Si.Zr/c1-20(2,3)16-7-9-18-14(12-16)11-15-13-17(21(4,5)6)8-10-19(15)18;2*1-2-4-5-3-1;/h7-10,12H,11H2,1-6H3;1-3H,4H2;1-4H2;/q2*-1;;+2. The van der Waals surface area contributed by atoms with Crippen molar-refractivity contribution in [3.8, 4) is 11.1 Å². The summed E-state index contributed by atoms with van der Waals surface area (Å²) in [5, 5.41) is 0. The summed E-state index contributed by atoms with van der Waals surface area (Å²) in [4.78, 5) is 0. The van der Waals surface area contributed by atoms with Gasteiger partial charge in [0.05, 0.1) is 0 Å². The molecule has 2 heteroatoms. The van der Waals surface area contributed by atoms with Crippen LogP contribution in [0.15, 0.2) is 48.6 Å². The molecule has 1 aliphatic heterocycles. The zero-order valence-electron chi connectivity index (χ0n) is 20.9. The fourth-order valence-corrected chi connectivity index (χ4v) is 8.38. The van der Waals surface area contributed by atoms with E-state index < -0.39 is 0 Å². The van der Waals surface area contributed by atoms with Gasteiger partial charge in [-0.05, 0) is 28.4 Å². The van der Waals surface area contributed by atoms with E-state index >= 15 is 0 Å². The molecule has 0 unspecified atom stereocenters. The Balaban J connectivity index is 0.000000213. The minimum absolute atomic E-state index is 0.167. The average molecular weight is 518 g/mol. The van der Waals surface area contributed by atoms with E-state index in [-0.39, 0.29) is 10.8 Å². The summed E-state index contributed by atoms with van der Waals surface area (Å²) in [6.07, 6.45) is 14.1. The normalized spacial score (nSPS) is 16.2. The minimum atomic E-state index is 0.167. The van der Waals surface area contributed by atoms with E-state index in [0.717, 1.165) is 12.8 Å². The van der Waals surface area contributed by atoms with Crippen LogP contribution in [0, 0.1) is 12.1 Å². The first-order chi connectivity index (χ1) is 15.1. The molecule has 0 N–H and O–H groups in total. The molecule has 1 fully saturated rings. The Bertz CT molecular complexity index is 933. The molecular weight excluding hydrogens is 480 g/mol. The van der Waals surface area contributed by atoms with Crippen molar-refractivity contribution in [3.05, 3.63) is 83.0 Å². The summed E-state index contributed by atoms with van der Waals surface area (Å²) in [6.45, 7) is 13.6. The molecule has 166 valence electrons. The molecule has 0 nitrogen and oxygen atoms in total. The molecule has 0 atom stereocenters. The van der Waals surface area contributed by atoms with Gasteiger partial charge in [0.15, 0.2) is 0 Å². The number of hydrogen-bond acceptors (Lipinski definition) is 0. The van der Waals surface area contributed by atoms with Gasteiger partial charge in [0.2, 0.25) is 0 Å². The fourth-order valence-electron chi connectivity index (χ4n) is 4.17. The van der Waals surface area contributed by atoms with E-state index in [4.69, 9.17) is 0 Å². The predicted octanol–water partition coefficient (Wildman–Crippen LogP) is 8.28. The summed E-state index contributed by atoms with van der Waals surface area (Å²) in [6, 6.07) is 18.4. The van der Waals surface area contributed by atoms with Crippen LogP contribution in [0.25, 0.3) is 11.1 Å². The van der Waals surface area contributed by atoms with Gasteiger partial charge < -0.3 is 0 Å². The molecule has 1 heterocycles. The molecule has 2 aliphatic carbocycles. The van der Waals surface area contributed by atoms with Crippen molar-refractivity contribution in [2.24, 2.45) is 0 Å². The van der Waals surface area contributed by atoms with Gasteiger partial charge in [0.1, 0.15) is 0 Å². The second-order valence-electron chi connectivity index (χ2n) is 11.1. The molecule has 32 heavy (non-hydrogen) atoms. The van der Waals surface area contributed by atoms with E-state index in [9.17, 15) is 0 Å². The molecule has 0 spiro atoms. The van der Waals surface area contributed by atoms with Crippen molar-refractivity contribution in [1.29, 1.82) is 0 Å². The number of benzene rings is 2. The molecule has 1 saturated heterocycles. The molecule has 2 aromatic carbocycles. The van der Waals surface area contributed by atoms with E-state index in [1.54, 1.807) is 24.9 Å². The summed E-state index contributed by atoms with van der Waals surface area (Å²) < 4.78 is 0. The summed E-state index contributed by atoms with van der Waals surface area (Å²) in [5.41, 5.74) is 9.04. The van der Waals surface area contributed by atoms with Crippen molar-refractivity contribution >= 4 is 5.43 Å². The zero-order valence-corrected chi connectivity index (χ0v) is 24.3. The molecule has 0 radical (unpaired) electrons. The second-order valence-corrected chi connectivity index (χ2v) is 18.5. The van der Waals surface area contributed by atoms with Gasteiger partial charge in [0.25, 0.3) is 0 Å². The van der Waals surface area contributed by atoms with Gasteiger partial charge in [-0.2, -0.15) is 29.8 Å². The Morgan fingerprint density at radius 2 is 1.56 bits per heavy atom. The molecule has 5 rings (SSSR count). The van der Waals surface area contributed by atoms with E-state index in [2.05, 4.69) is 90.1 Å². The van der Waals surface area contributed by atoms with Crippen molar-refractivity contribution < 1.29 is 23.3 Å². The Morgan fingerprint density at radius 1 is 0.875 bits per heavy atom. The van der Waals surface area contributed by atoms with Gasteiger partial charge in [0, 0.05) is 0 Å². The maximum atomic E-state index is 3.67. The van der Waals surface area contributed by atoms with Crippen LogP contribution < -0.4 is 0 Å². The third kappa shape index (κ3) is 7.01. The molecule has 0 saturated carbocycles. The van der Waals surface area contributed by atoms with Crippen LogP contribution in [0.3, 0.4) is 0 Å². The topological polar surface area (TPSA) is 0 Å². The third-order valence-corrected chi connectivity index (χ3v) is 11.9. The number of fused-ring (bicyclic) bond motifs is 3. The number of allylic oxidation sites excluding steroid dienone is 4. The summed E-state index contributed by atoms with van der Waals surface area (Å²) in [7, 11) is 0. The molecule has 3 aliphatic rings. The van der Waals surface area contributed by atoms with E-state index in [1.165, 1.54) is 33.4 Å². The summed E-state index contributed by atoms with van der Waals surface area (Å²) in [5.74, 6) is 0. The average Bonchev–Trinajstić information content (AvgIpc) is 3.48. The van der Waals surface area contributed by atoms with Crippen molar-refractivity contribution in [3.63, 3.8) is 0 Å². The third-order valence-electron chi connectivity index (χ3n) is 6.26. The molecule has 0 aromatic heterocycles. The van der Waals surface area contributed by atoms with Gasteiger partial charge in [-0.15, -0.1) is 17.5 Å². The van der Waals surface area contributed by atoms with Crippen LogP contribution in [-0.4, -0.2) is 5.43 Å². The van der Waals surface area contributed by atoms with Crippen molar-refractivity contribution in [2.45, 2.75) is 90.1 Å². The Hall–Kier alpha value is -0.980. The second kappa shape index (κ2) is 11.0. The van der Waals surface area contributed by atoms with Crippen LogP contribution in [0.4, 0.5) is 0 Å². The van der Waals surface area contributed by atoms with Crippen LogP contribution in [0.2, 0.25) is 12.1 Å². The number of hydrogen-bond donors (Lipinski definition) is 0. The van der Waals surface area contributed by atoms with Gasteiger partial charge in [-0.1, -0.05) is 65.3 Å². The summed E-state index contributed by atoms with van der Waals surface area (Å²) >= 11 is 1.87.